The number of nitrogens with two attached hydrogens (primary N) is 1. The highest BCUT2D eigenvalue weighted by Crippen LogP contribution is 2.11. The van der Waals surface area contributed by atoms with E-state index in [2.05, 4.69) is 22.7 Å². The largest absolute Gasteiger partial charge is 0.460 e. The molecule has 0 fully saturated rings. The van der Waals surface area contributed by atoms with Crippen molar-refractivity contribution in [3.63, 3.8) is 0 Å². The van der Waals surface area contributed by atoms with Crippen LogP contribution in [0.15, 0.2) is 5.10 Å². The Hall–Kier alpha value is -1.70. The summed E-state index contributed by atoms with van der Waals surface area (Å²) in [6.07, 6.45) is -0.345. The fourth-order valence-corrected chi connectivity index (χ4v) is 1.18. The smallest absolute Gasteiger partial charge is 0.355 e. The number of rotatable bonds is 4. The lowest BCUT2D eigenvalue weighted by molar-refractivity contribution is -0.155. The van der Waals surface area contributed by atoms with E-state index in [9.17, 15) is 9.59 Å². The molecule has 0 aliphatic heterocycles. The molecule has 7 nitrogen and oxygen atoms in total. The molecular formula is C13H23N3O4S. The van der Waals surface area contributed by atoms with E-state index >= 15 is 0 Å². The lowest BCUT2D eigenvalue weighted by Gasteiger charge is -2.21. The van der Waals surface area contributed by atoms with Gasteiger partial charge in [0.05, 0.1) is 6.42 Å². The number of hydrogen-bond donors (Lipinski definition) is 2. The van der Waals surface area contributed by atoms with Crippen molar-refractivity contribution >= 4 is 35.0 Å². The minimum atomic E-state index is -0.739. The summed E-state index contributed by atoms with van der Waals surface area (Å²) >= 11 is 4.60. The van der Waals surface area contributed by atoms with Crippen molar-refractivity contribution in [3.05, 3.63) is 0 Å². The number of esters is 2. The molecule has 0 bridgehead atoms. The van der Waals surface area contributed by atoms with Gasteiger partial charge in [-0.05, 0) is 53.8 Å². The van der Waals surface area contributed by atoms with Gasteiger partial charge in [-0.3, -0.25) is 10.2 Å². The number of carbonyl (C=O) groups is 2. The number of carbonyl (C=O) groups excluding carboxylic acids is 2. The number of nitrogens with one attached hydrogen (secondary N) is 1. The second-order valence-corrected chi connectivity index (χ2v) is 6.74. The van der Waals surface area contributed by atoms with E-state index in [0.29, 0.717) is 0 Å². The summed E-state index contributed by atoms with van der Waals surface area (Å²) in [4.78, 5) is 23.8. The third kappa shape index (κ3) is 10.7. The summed E-state index contributed by atoms with van der Waals surface area (Å²) in [7, 11) is 0. The molecule has 0 aliphatic carbocycles. The van der Waals surface area contributed by atoms with Crippen molar-refractivity contribution in [1.82, 2.24) is 5.43 Å². The first kappa shape index (κ1) is 19.3. The highest BCUT2D eigenvalue weighted by Gasteiger charge is 2.26. The minimum absolute atomic E-state index is 0.125. The number of thiocarbonyl (C=S) groups is 1. The Morgan fingerprint density at radius 3 is 1.95 bits per heavy atom. The molecule has 0 unspecified atom stereocenters. The van der Waals surface area contributed by atoms with E-state index in [1.54, 1.807) is 41.5 Å². The second kappa shape index (κ2) is 7.35. The van der Waals surface area contributed by atoms with Crippen molar-refractivity contribution in [1.29, 1.82) is 0 Å². The Bertz CT molecular complexity index is 447. The Labute approximate surface area is 130 Å². The Kier molecular flexibility index (Phi) is 6.75. The van der Waals surface area contributed by atoms with Crippen LogP contribution in [0.25, 0.3) is 0 Å². The van der Waals surface area contributed by atoms with Crippen LogP contribution >= 0.6 is 12.2 Å². The molecule has 21 heavy (non-hydrogen) atoms. The van der Waals surface area contributed by atoms with Crippen molar-refractivity contribution in [2.45, 2.75) is 59.2 Å². The van der Waals surface area contributed by atoms with Crippen molar-refractivity contribution < 1.29 is 19.1 Å². The molecule has 0 heterocycles. The van der Waals surface area contributed by atoms with Crippen LogP contribution < -0.4 is 11.2 Å². The molecule has 0 rings (SSSR count). The number of hydrogen-bond acceptors (Lipinski definition) is 6. The van der Waals surface area contributed by atoms with Crippen molar-refractivity contribution in [2.24, 2.45) is 10.8 Å². The highest BCUT2D eigenvalue weighted by molar-refractivity contribution is 7.80. The fraction of sp³-hybridized carbons (Fsp3) is 0.692. The van der Waals surface area contributed by atoms with Gasteiger partial charge in [-0.15, -0.1) is 0 Å². The standard InChI is InChI=1S/C13H23N3O4S/c1-12(2,3)19-9(17)7-8(15-16-11(14)21)10(18)20-13(4,5)6/h7H2,1-6H3,(H3,14,16,21)/b15-8-. The topological polar surface area (TPSA) is 103 Å². The van der Waals surface area contributed by atoms with Gasteiger partial charge in [-0.1, -0.05) is 0 Å². The normalized spacial score (nSPS) is 12.6. The molecule has 8 heteroatoms. The Morgan fingerprint density at radius 1 is 1.10 bits per heavy atom. The number of hydrazone groups is 1. The van der Waals surface area contributed by atoms with Gasteiger partial charge < -0.3 is 15.2 Å². The van der Waals surface area contributed by atoms with Gasteiger partial charge in [-0.2, -0.15) is 5.10 Å². The van der Waals surface area contributed by atoms with Gasteiger partial charge in [0.15, 0.2) is 10.8 Å². The molecule has 0 saturated carbocycles. The fourth-order valence-electron chi connectivity index (χ4n) is 1.13. The van der Waals surface area contributed by atoms with E-state index < -0.39 is 23.1 Å². The molecule has 0 radical (unpaired) electrons. The predicted molar refractivity (Wildman–Crippen MR) is 83.7 cm³/mol. The molecule has 0 spiro atoms. The SMILES string of the molecule is CC(C)(C)OC(=O)C/C(=N/NC(N)=S)C(=O)OC(C)(C)C. The van der Waals surface area contributed by atoms with E-state index in [0.717, 1.165) is 0 Å². The molecule has 120 valence electrons. The summed E-state index contributed by atoms with van der Waals surface area (Å²) in [5.74, 6) is -1.34. The van der Waals surface area contributed by atoms with Crippen LogP contribution in [0.4, 0.5) is 0 Å². The first-order valence-electron chi connectivity index (χ1n) is 6.37. The minimum Gasteiger partial charge on any atom is -0.460 e. The summed E-state index contributed by atoms with van der Waals surface area (Å²) in [6, 6.07) is 0. The lowest BCUT2D eigenvalue weighted by atomic mass is 10.1. The predicted octanol–water partition coefficient (Wildman–Crippen LogP) is 1.25. The average molecular weight is 317 g/mol. The third-order valence-corrected chi connectivity index (χ3v) is 1.76. The summed E-state index contributed by atoms with van der Waals surface area (Å²) in [6.45, 7) is 10.3. The van der Waals surface area contributed by atoms with Gasteiger partial charge in [-0.25, -0.2) is 4.79 Å². The first-order chi connectivity index (χ1) is 9.30. The zero-order valence-corrected chi connectivity index (χ0v) is 14.1. The molecule has 0 atom stereocenters. The average Bonchev–Trinajstić information content (AvgIpc) is 2.18. The molecule has 0 aromatic carbocycles. The zero-order chi connectivity index (χ0) is 16.8. The highest BCUT2D eigenvalue weighted by atomic mass is 32.1. The van der Waals surface area contributed by atoms with Gasteiger partial charge in [0, 0.05) is 0 Å². The maximum absolute atomic E-state index is 12.0. The monoisotopic (exact) mass is 317 g/mol. The van der Waals surface area contributed by atoms with Crippen LogP contribution in [0.5, 0.6) is 0 Å². The zero-order valence-electron chi connectivity index (χ0n) is 13.3. The summed E-state index contributed by atoms with van der Waals surface area (Å²) in [5.41, 5.74) is 5.98. The van der Waals surface area contributed by atoms with Gasteiger partial charge >= 0.3 is 11.9 Å². The molecule has 0 aliphatic rings. The van der Waals surface area contributed by atoms with E-state index in [-0.39, 0.29) is 17.2 Å². The Morgan fingerprint density at radius 2 is 1.57 bits per heavy atom. The van der Waals surface area contributed by atoms with Gasteiger partial charge in [0.25, 0.3) is 0 Å². The molecule has 3 N–H and O–H groups in total. The van der Waals surface area contributed by atoms with Crippen LogP contribution in [-0.2, 0) is 19.1 Å². The van der Waals surface area contributed by atoms with Gasteiger partial charge in [0.2, 0.25) is 0 Å². The Balaban J connectivity index is 4.99. The molecule has 0 aromatic rings. The van der Waals surface area contributed by atoms with Crippen LogP contribution in [0.2, 0.25) is 0 Å². The van der Waals surface area contributed by atoms with Crippen molar-refractivity contribution in [2.75, 3.05) is 0 Å². The molecule has 0 saturated heterocycles. The lowest BCUT2D eigenvalue weighted by Crippen LogP contribution is -2.34. The first-order valence-corrected chi connectivity index (χ1v) is 6.78. The van der Waals surface area contributed by atoms with Crippen LogP contribution in [0, 0.1) is 0 Å². The molecule has 0 aromatic heterocycles. The van der Waals surface area contributed by atoms with Crippen LogP contribution in [0.3, 0.4) is 0 Å². The van der Waals surface area contributed by atoms with Crippen molar-refractivity contribution in [3.8, 4) is 0 Å². The maximum Gasteiger partial charge on any atom is 0.355 e. The summed E-state index contributed by atoms with van der Waals surface area (Å²) in [5, 5.41) is 3.58. The number of ether oxygens (including phenoxy) is 2. The van der Waals surface area contributed by atoms with Crippen LogP contribution in [0.1, 0.15) is 48.0 Å². The summed E-state index contributed by atoms with van der Waals surface area (Å²) < 4.78 is 10.3. The molecule has 0 amide bonds. The number of nitrogens with zero attached hydrogens (tertiary/aromatic N) is 1. The quantitative estimate of drug-likeness (QED) is 0.348. The maximum atomic E-state index is 12.0. The third-order valence-electron chi connectivity index (χ3n) is 1.67. The van der Waals surface area contributed by atoms with E-state index in [1.807, 2.05) is 0 Å². The van der Waals surface area contributed by atoms with E-state index in [4.69, 9.17) is 15.2 Å². The van der Waals surface area contributed by atoms with E-state index in [1.165, 1.54) is 0 Å². The van der Waals surface area contributed by atoms with Gasteiger partial charge in [0.1, 0.15) is 11.2 Å². The second-order valence-electron chi connectivity index (χ2n) is 6.30. The molecular weight excluding hydrogens is 294 g/mol. The van der Waals surface area contributed by atoms with Crippen LogP contribution in [-0.4, -0.2) is 34.0 Å².